The van der Waals surface area contributed by atoms with Gasteiger partial charge in [-0.1, -0.05) is 91.0 Å². The van der Waals surface area contributed by atoms with Gasteiger partial charge in [0.05, 0.1) is 16.7 Å². The third-order valence-corrected chi connectivity index (χ3v) is 7.95. The van der Waals surface area contributed by atoms with Crippen molar-refractivity contribution in [1.82, 2.24) is 15.0 Å². The number of hydrogen-bond donors (Lipinski definition) is 6. The SMILES string of the molecule is Oc1cc(-c2nc(-c3cc(O)c(-c4ccccc4)cc3O)nc(-c3cc(O)c(-c4ccccc4)cc3O)n2)c(O)cc1-c1ccccc1. The molecule has 0 saturated heterocycles. The molecule has 6 N–H and O–H groups in total. The van der Waals surface area contributed by atoms with Gasteiger partial charge in [-0.05, 0) is 53.1 Å². The first-order chi connectivity index (χ1) is 23.3. The number of aromatic nitrogens is 3. The zero-order chi connectivity index (χ0) is 33.4. The molecule has 7 rings (SSSR count). The molecule has 234 valence electrons. The van der Waals surface area contributed by atoms with E-state index in [-0.39, 0.29) is 68.7 Å². The molecule has 1 heterocycles. The summed E-state index contributed by atoms with van der Waals surface area (Å²) in [5.74, 6) is -1.57. The largest absolute Gasteiger partial charge is 0.507 e. The van der Waals surface area contributed by atoms with Gasteiger partial charge in [0.25, 0.3) is 0 Å². The molecule has 0 unspecified atom stereocenters. The Bertz CT molecular complexity index is 2030. The smallest absolute Gasteiger partial charge is 0.167 e. The fourth-order valence-electron chi connectivity index (χ4n) is 5.55. The number of hydrogen-bond acceptors (Lipinski definition) is 9. The second-order valence-corrected chi connectivity index (χ2v) is 11.1. The normalized spacial score (nSPS) is 11.0. The molecule has 0 aliphatic heterocycles. The van der Waals surface area contributed by atoms with Crippen LogP contribution in [0.3, 0.4) is 0 Å². The highest BCUT2D eigenvalue weighted by Gasteiger charge is 2.22. The molecule has 0 saturated carbocycles. The number of phenols is 6. The van der Waals surface area contributed by atoms with Gasteiger partial charge in [-0.2, -0.15) is 0 Å². The first-order valence-electron chi connectivity index (χ1n) is 14.9. The molecular formula is C39H27N3O6. The van der Waals surface area contributed by atoms with Crippen LogP contribution in [-0.2, 0) is 0 Å². The standard InChI is InChI=1S/C39H27N3O6/c43-31-19-28(34(46)16-25(31)22-10-4-1-5-11-22)37-40-38(29-20-32(44)26(17-35(29)47)23-12-6-2-7-13-23)42-39(41-37)30-21-33(45)27(18-36(30)48)24-14-8-3-9-15-24/h1-21,43-48H. The van der Waals surface area contributed by atoms with Gasteiger partial charge < -0.3 is 30.6 Å². The number of rotatable bonds is 6. The monoisotopic (exact) mass is 633 g/mol. The van der Waals surface area contributed by atoms with E-state index in [4.69, 9.17) is 0 Å². The lowest BCUT2D eigenvalue weighted by atomic mass is 10.00. The molecule has 6 aromatic carbocycles. The Hall–Kier alpha value is -6.87. The Kier molecular flexibility index (Phi) is 7.54. The highest BCUT2D eigenvalue weighted by Crippen LogP contribution is 2.44. The van der Waals surface area contributed by atoms with Crippen LogP contribution >= 0.6 is 0 Å². The molecule has 0 aliphatic rings. The summed E-state index contributed by atoms with van der Waals surface area (Å²) < 4.78 is 0. The Morgan fingerprint density at radius 2 is 0.479 bits per heavy atom. The fraction of sp³-hybridized carbons (Fsp3) is 0. The van der Waals surface area contributed by atoms with Crippen LogP contribution < -0.4 is 0 Å². The lowest BCUT2D eigenvalue weighted by Gasteiger charge is -2.14. The second-order valence-electron chi connectivity index (χ2n) is 11.1. The molecule has 0 atom stereocenters. The van der Waals surface area contributed by atoms with Crippen LogP contribution in [0, 0.1) is 0 Å². The summed E-state index contributed by atoms with van der Waals surface area (Å²) in [6, 6.07) is 35.2. The first kappa shape index (κ1) is 29.8. The number of nitrogens with zero attached hydrogens (tertiary/aromatic N) is 3. The van der Waals surface area contributed by atoms with Crippen LogP contribution in [0.25, 0.3) is 67.5 Å². The first-order valence-corrected chi connectivity index (χ1v) is 14.9. The molecule has 9 nitrogen and oxygen atoms in total. The number of benzene rings is 6. The lowest BCUT2D eigenvalue weighted by molar-refractivity contribution is 0.462. The summed E-state index contributed by atoms with van der Waals surface area (Å²) >= 11 is 0. The minimum Gasteiger partial charge on any atom is -0.507 e. The van der Waals surface area contributed by atoms with Crippen molar-refractivity contribution in [3.05, 3.63) is 127 Å². The van der Waals surface area contributed by atoms with E-state index in [9.17, 15) is 30.6 Å². The summed E-state index contributed by atoms with van der Waals surface area (Å²) in [5, 5.41) is 66.6. The third-order valence-electron chi connectivity index (χ3n) is 7.95. The average molecular weight is 634 g/mol. The molecule has 0 aliphatic carbocycles. The Morgan fingerprint density at radius 1 is 0.271 bits per heavy atom. The zero-order valence-corrected chi connectivity index (χ0v) is 25.1. The van der Waals surface area contributed by atoms with E-state index in [1.807, 2.05) is 18.2 Å². The molecule has 1 aromatic heterocycles. The molecule has 7 aromatic rings. The van der Waals surface area contributed by atoms with E-state index in [1.165, 1.54) is 36.4 Å². The van der Waals surface area contributed by atoms with Crippen molar-refractivity contribution in [2.24, 2.45) is 0 Å². The van der Waals surface area contributed by atoms with E-state index in [2.05, 4.69) is 15.0 Å². The molecule has 0 amide bonds. The molecule has 9 heteroatoms. The molecule has 48 heavy (non-hydrogen) atoms. The van der Waals surface area contributed by atoms with E-state index >= 15 is 0 Å². The van der Waals surface area contributed by atoms with Gasteiger partial charge in [0.2, 0.25) is 0 Å². The minimum absolute atomic E-state index is 0.0336. The number of phenolic OH excluding ortho intramolecular Hbond substituents is 6. The topological polar surface area (TPSA) is 160 Å². The fourth-order valence-corrected chi connectivity index (χ4v) is 5.55. The van der Waals surface area contributed by atoms with Crippen LogP contribution in [0.4, 0.5) is 0 Å². The van der Waals surface area contributed by atoms with Gasteiger partial charge in [0.1, 0.15) is 34.5 Å². The van der Waals surface area contributed by atoms with E-state index in [1.54, 1.807) is 72.8 Å². The van der Waals surface area contributed by atoms with Gasteiger partial charge in [0, 0.05) is 16.7 Å². The van der Waals surface area contributed by atoms with Crippen molar-refractivity contribution in [1.29, 1.82) is 0 Å². The van der Waals surface area contributed by atoms with Gasteiger partial charge in [-0.25, -0.2) is 15.0 Å². The summed E-state index contributed by atoms with van der Waals surface area (Å²) in [7, 11) is 0. The van der Waals surface area contributed by atoms with E-state index < -0.39 is 0 Å². The maximum absolute atomic E-state index is 11.2. The minimum atomic E-state index is -0.257. The summed E-state index contributed by atoms with van der Waals surface area (Å²) in [5.41, 5.74) is 3.26. The zero-order valence-electron chi connectivity index (χ0n) is 25.1. The molecule has 0 fully saturated rings. The van der Waals surface area contributed by atoms with Crippen LogP contribution in [-0.4, -0.2) is 45.6 Å². The molecule has 0 bridgehead atoms. The average Bonchev–Trinajstić information content (AvgIpc) is 3.11. The lowest BCUT2D eigenvalue weighted by Crippen LogP contribution is -2.01. The van der Waals surface area contributed by atoms with Crippen LogP contribution in [0.2, 0.25) is 0 Å². The van der Waals surface area contributed by atoms with Crippen LogP contribution in [0.1, 0.15) is 0 Å². The highest BCUT2D eigenvalue weighted by molar-refractivity contribution is 5.83. The van der Waals surface area contributed by atoms with Gasteiger partial charge in [-0.3, -0.25) is 0 Å². The summed E-state index contributed by atoms with van der Waals surface area (Å²) in [6.45, 7) is 0. The Balaban J connectivity index is 1.42. The van der Waals surface area contributed by atoms with Crippen molar-refractivity contribution in [3.8, 4) is 102 Å². The van der Waals surface area contributed by atoms with Crippen LogP contribution in [0.5, 0.6) is 34.5 Å². The molecule has 0 spiro atoms. The van der Waals surface area contributed by atoms with Gasteiger partial charge in [-0.15, -0.1) is 0 Å². The molecule has 0 radical (unpaired) electrons. The quantitative estimate of drug-likeness (QED) is 0.0994. The van der Waals surface area contributed by atoms with Crippen LogP contribution in [0.15, 0.2) is 127 Å². The summed E-state index contributed by atoms with van der Waals surface area (Å²) in [6.07, 6.45) is 0. The Morgan fingerprint density at radius 3 is 0.729 bits per heavy atom. The highest BCUT2D eigenvalue weighted by atomic mass is 16.3. The summed E-state index contributed by atoms with van der Waals surface area (Å²) in [4.78, 5) is 13.6. The van der Waals surface area contributed by atoms with Crippen molar-refractivity contribution in [2.75, 3.05) is 0 Å². The maximum Gasteiger partial charge on any atom is 0.167 e. The van der Waals surface area contributed by atoms with Crippen molar-refractivity contribution in [3.63, 3.8) is 0 Å². The number of aromatic hydroxyl groups is 6. The predicted octanol–water partition coefficient (Wildman–Crippen LogP) is 8.11. The maximum atomic E-state index is 11.2. The van der Waals surface area contributed by atoms with E-state index in [0.29, 0.717) is 33.4 Å². The van der Waals surface area contributed by atoms with Crippen molar-refractivity contribution < 1.29 is 30.6 Å². The third kappa shape index (κ3) is 5.56. The van der Waals surface area contributed by atoms with E-state index in [0.717, 1.165) is 0 Å². The second kappa shape index (κ2) is 12.1. The Labute approximate surface area is 274 Å². The predicted molar refractivity (Wildman–Crippen MR) is 182 cm³/mol. The van der Waals surface area contributed by atoms with Crippen molar-refractivity contribution in [2.45, 2.75) is 0 Å². The molecular weight excluding hydrogens is 606 g/mol. The van der Waals surface area contributed by atoms with Gasteiger partial charge in [0.15, 0.2) is 17.5 Å². The van der Waals surface area contributed by atoms with Gasteiger partial charge >= 0.3 is 0 Å². The van der Waals surface area contributed by atoms with Crippen molar-refractivity contribution >= 4 is 0 Å².